The molecule has 6 nitrogen and oxygen atoms in total. The summed E-state index contributed by atoms with van der Waals surface area (Å²) >= 11 is 0. The molecule has 0 fully saturated rings. The fourth-order valence-electron chi connectivity index (χ4n) is 1.53. The normalized spacial score (nSPS) is 10.0. The van der Waals surface area contributed by atoms with Gasteiger partial charge in [0.2, 0.25) is 11.8 Å². The topological polar surface area (TPSA) is 73.3 Å². The molecule has 1 aromatic heterocycles. The quantitative estimate of drug-likeness (QED) is 0.545. The summed E-state index contributed by atoms with van der Waals surface area (Å²) in [5.41, 5.74) is 0. The number of methoxy groups -OCH3 is 1. The number of hydrogen-bond acceptors (Lipinski definition) is 6. The van der Waals surface area contributed by atoms with E-state index in [1.165, 1.54) is 7.11 Å². The Kier molecular flexibility index (Phi) is 7.31. The molecule has 0 aliphatic carbocycles. The number of nitrogens with zero attached hydrogens (tertiary/aromatic N) is 2. The molecule has 0 aliphatic rings. The molecule has 0 radical (unpaired) electrons. The highest BCUT2D eigenvalue weighted by Crippen LogP contribution is 2.08. The van der Waals surface area contributed by atoms with Gasteiger partial charge in [-0.25, -0.2) is 4.98 Å². The molecule has 6 heteroatoms. The van der Waals surface area contributed by atoms with Crippen molar-refractivity contribution in [3.05, 3.63) is 12.3 Å². The van der Waals surface area contributed by atoms with Crippen molar-refractivity contribution in [2.45, 2.75) is 32.6 Å². The van der Waals surface area contributed by atoms with Crippen LogP contribution in [0.4, 0.5) is 5.95 Å². The molecule has 1 rings (SSSR count). The summed E-state index contributed by atoms with van der Waals surface area (Å²) in [7, 11) is 1.41. The highest BCUT2D eigenvalue weighted by atomic mass is 16.5. The average Bonchev–Trinajstić information content (AvgIpc) is 2.43. The van der Waals surface area contributed by atoms with Crippen LogP contribution in [-0.2, 0) is 9.53 Å². The fraction of sp³-hybridized carbons (Fsp3) is 0.615. The number of carbonyl (C=O) groups is 1. The fourth-order valence-corrected chi connectivity index (χ4v) is 1.53. The van der Waals surface area contributed by atoms with Crippen molar-refractivity contribution in [3.8, 4) is 5.88 Å². The standard InChI is InChI=1S/C13H21N3O3/c1-3-19-11-8-10-15-13(16-11)14-9-6-4-5-7-12(17)18-2/h8,10H,3-7,9H2,1-2H3,(H,14,15,16). The van der Waals surface area contributed by atoms with E-state index in [-0.39, 0.29) is 5.97 Å². The van der Waals surface area contributed by atoms with Gasteiger partial charge in [0, 0.05) is 25.2 Å². The van der Waals surface area contributed by atoms with Crippen LogP contribution in [0.2, 0.25) is 0 Å². The number of aromatic nitrogens is 2. The van der Waals surface area contributed by atoms with E-state index in [0.29, 0.717) is 24.9 Å². The van der Waals surface area contributed by atoms with Crippen molar-refractivity contribution < 1.29 is 14.3 Å². The molecule has 0 bridgehead atoms. The SMILES string of the molecule is CCOc1ccnc(NCCCCCC(=O)OC)n1. The van der Waals surface area contributed by atoms with Gasteiger partial charge in [0.05, 0.1) is 13.7 Å². The maximum absolute atomic E-state index is 10.9. The number of unbranched alkanes of at least 4 members (excludes halogenated alkanes) is 2. The molecule has 0 spiro atoms. The Bertz CT molecular complexity index is 385. The van der Waals surface area contributed by atoms with Gasteiger partial charge in [0.25, 0.3) is 0 Å². The minimum absolute atomic E-state index is 0.152. The van der Waals surface area contributed by atoms with Crippen molar-refractivity contribution in [1.29, 1.82) is 0 Å². The minimum atomic E-state index is -0.152. The van der Waals surface area contributed by atoms with Crippen molar-refractivity contribution in [2.24, 2.45) is 0 Å². The van der Waals surface area contributed by atoms with E-state index in [0.717, 1.165) is 25.8 Å². The van der Waals surface area contributed by atoms with Crippen LogP contribution in [0, 0.1) is 0 Å². The number of esters is 1. The lowest BCUT2D eigenvalue weighted by Crippen LogP contribution is -2.07. The first-order valence-corrected chi connectivity index (χ1v) is 6.52. The first-order valence-electron chi connectivity index (χ1n) is 6.52. The largest absolute Gasteiger partial charge is 0.478 e. The third-order valence-electron chi connectivity index (χ3n) is 2.49. The summed E-state index contributed by atoms with van der Waals surface area (Å²) in [6, 6.07) is 1.73. The van der Waals surface area contributed by atoms with E-state index in [9.17, 15) is 4.79 Å². The summed E-state index contributed by atoms with van der Waals surface area (Å²) in [5.74, 6) is 0.991. The molecule has 1 heterocycles. The predicted octanol–water partition coefficient (Wildman–Crippen LogP) is 2.02. The van der Waals surface area contributed by atoms with E-state index >= 15 is 0 Å². The van der Waals surface area contributed by atoms with Gasteiger partial charge in [-0.3, -0.25) is 4.79 Å². The van der Waals surface area contributed by atoms with Gasteiger partial charge in [-0.2, -0.15) is 4.98 Å². The third-order valence-corrected chi connectivity index (χ3v) is 2.49. The van der Waals surface area contributed by atoms with Crippen LogP contribution in [0.5, 0.6) is 5.88 Å². The number of anilines is 1. The molecule has 0 atom stereocenters. The molecule has 0 aromatic carbocycles. The highest BCUT2D eigenvalue weighted by molar-refractivity contribution is 5.68. The maximum Gasteiger partial charge on any atom is 0.305 e. The summed E-state index contributed by atoms with van der Waals surface area (Å²) in [6.07, 6.45) is 4.91. The first-order chi connectivity index (χ1) is 9.26. The Hall–Kier alpha value is -1.85. The Morgan fingerprint density at radius 2 is 2.21 bits per heavy atom. The van der Waals surface area contributed by atoms with Gasteiger partial charge in [-0.05, 0) is 19.8 Å². The lowest BCUT2D eigenvalue weighted by Gasteiger charge is -2.06. The van der Waals surface area contributed by atoms with Crippen LogP contribution in [0.25, 0.3) is 0 Å². The van der Waals surface area contributed by atoms with Crippen LogP contribution in [0.15, 0.2) is 12.3 Å². The molecule has 0 amide bonds. The maximum atomic E-state index is 10.9. The molecule has 1 N–H and O–H groups in total. The van der Waals surface area contributed by atoms with E-state index in [4.69, 9.17) is 4.74 Å². The van der Waals surface area contributed by atoms with Crippen LogP contribution in [0.1, 0.15) is 32.6 Å². The zero-order chi connectivity index (χ0) is 13.9. The van der Waals surface area contributed by atoms with Gasteiger partial charge < -0.3 is 14.8 Å². The number of nitrogens with one attached hydrogen (secondary N) is 1. The van der Waals surface area contributed by atoms with Gasteiger partial charge >= 0.3 is 5.97 Å². The molecular weight excluding hydrogens is 246 g/mol. The molecule has 1 aromatic rings. The zero-order valence-electron chi connectivity index (χ0n) is 11.5. The lowest BCUT2D eigenvalue weighted by atomic mass is 10.2. The molecule has 106 valence electrons. The zero-order valence-corrected chi connectivity index (χ0v) is 11.5. The lowest BCUT2D eigenvalue weighted by molar-refractivity contribution is -0.140. The molecular formula is C13H21N3O3. The number of hydrogen-bond donors (Lipinski definition) is 1. The van der Waals surface area contributed by atoms with E-state index in [1.54, 1.807) is 12.3 Å². The van der Waals surface area contributed by atoms with Crippen LogP contribution in [-0.4, -0.2) is 36.2 Å². The Morgan fingerprint density at radius 1 is 1.37 bits per heavy atom. The van der Waals surface area contributed by atoms with Crippen molar-refractivity contribution in [3.63, 3.8) is 0 Å². The smallest absolute Gasteiger partial charge is 0.305 e. The monoisotopic (exact) mass is 267 g/mol. The summed E-state index contributed by atoms with van der Waals surface area (Å²) in [6.45, 7) is 3.28. The number of carbonyl (C=O) groups excluding carboxylic acids is 1. The Labute approximate surface area is 113 Å². The van der Waals surface area contributed by atoms with Crippen LogP contribution >= 0.6 is 0 Å². The Balaban J connectivity index is 2.15. The predicted molar refractivity (Wildman–Crippen MR) is 72.2 cm³/mol. The highest BCUT2D eigenvalue weighted by Gasteiger charge is 2.00. The van der Waals surface area contributed by atoms with Crippen LogP contribution < -0.4 is 10.1 Å². The number of ether oxygens (including phenoxy) is 2. The molecule has 0 aliphatic heterocycles. The van der Waals surface area contributed by atoms with Crippen molar-refractivity contribution in [1.82, 2.24) is 9.97 Å². The third kappa shape index (κ3) is 6.59. The van der Waals surface area contributed by atoms with Gasteiger partial charge in [0.1, 0.15) is 0 Å². The summed E-state index contributed by atoms with van der Waals surface area (Å²) < 4.78 is 9.86. The number of rotatable bonds is 9. The van der Waals surface area contributed by atoms with Crippen molar-refractivity contribution in [2.75, 3.05) is 25.6 Å². The van der Waals surface area contributed by atoms with Crippen molar-refractivity contribution >= 4 is 11.9 Å². The summed E-state index contributed by atoms with van der Waals surface area (Å²) in [4.78, 5) is 19.2. The second-order valence-electron chi connectivity index (χ2n) is 3.97. The van der Waals surface area contributed by atoms with Gasteiger partial charge in [0.15, 0.2) is 0 Å². The van der Waals surface area contributed by atoms with E-state index < -0.39 is 0 Å². The van der Waals surface area contributed by atoms with Gasteiger partial charge in [-0.1, -0.05) is 6.42 Å². The molecule has 19 heavy (non-hydrogen) atoms. The second kappa shape index (κ2) is 9.13. The van der Waals surface area contributed by atoms with E-state index in [1.807, 2.05) is 6.92 Å². The first kappa shape index (κ1) is 15.2. The molecule has 0 saturated heterocycles. The second-order valence-corrected chi connectivity index (χ2v) is 3.97. The van der Waals surface area contributed by atoms with Gasteiger partial charge in [-0.15, -0.1) is 0 Å². The van der Waals surface area contributed by atoms with Crippen LogP contribution in [0.3, 0.4) is 0 Å². The molecule has 0 saturated carbocycles. The Morgan fingerprint density at radius 3 is 2.95 bits per heavy atom. The van der Waals surface area contributed by atoms with E-state index in [2.05, 4.69) is 20.0 Å². The minimum Gasteiger partial charge on any atom is -0.478 e. The average molecular weight is 267 g/mol. The molecule has 0 unspecified atom stereocenters. The summed E-state index contributed by atoms with van der Waals surface area (Å²) in [5, 5.41) is 3.13.